The standard InChI is InChI=1S/C17H17Cl2NO2/c1-10-5-4-6-11(2)16(10)20-17(21)12(3)22-13-7-8-14(18)15(19)9-13/h4-9,12H,1-3H3,(H,20,21). The van der Waals surface area contributed by atoms with Gasteiger partial charge in [0, 0.05) is 11.8 Å². The van der Waals surface area contributed by atoms with E-state index in [4.69, 9.17) is 27.9 Å². The molecule has 0 heterocycles. The second kappa shape index (κ2) is 7.03. The van der Waals surface area contributed by atoms with Gasteiger partial charge in [-0.05, 0) is 44.0 Å². The molecule has 1 N–H and O–H groups in total. The molecule has 0 spiro atoms. The number of hydrogen-bond donors (Lipinski definition) is 1. The minimum atomic E-state index is -0.656. The van der Waals surface area contributed by atoms with E-state index < -0.39 is 6.10 Å². The molecular weight excluding hydrogens is 321 g/mol. The second-order valence-electron chi connectivity index (χ2n) is 5.09. The van der Waals surface area contributed by atoms with Crippen LogP contribution in [0.15, 0.2) is 36.4 Å². The number of halogens is 2. The zero-order chi connectivity index (χ0) is 16.3. The third-order valence-corrected chi connectivity index (χ3v) is 4.04. The van der Waals surface area contributed by atoms with Crippen molar-refractivity contribution in [2.75, 3.05) is 5.32 Å². The molecule has 1 amide bonds. The largest absolute Gasteiger partial charge is 0.481 e. The average molecular weight is 338 g/mol. The summed E-state index contributed by atoms with van der Waals surface area (Å²) in [6.45, 7) is 5.59. The normalized spacial score (nSPS) is 11.9. The minimum Gasteiger partial charge on any atom is -0.481 e. The molecule has 0 aromatic heterocycles. The zero-order valence-corrected chi connectivity index (χ0v) is 14.1. The number of hydrogen-bond acceptors (Lipinski definition) is 2. The molecule has 0 bridgehead atoms. The first-order chi connectivity index (χ1) is 10.4. The Bertz CT molecular complexity index is 681. The van der Waals surface area contributed by atoms with Crippen LogP contribution in [0, 0.1) is 13.8 Å². The van der Waals surface area contributed by atoms with Crippen molar-refractivity contribution in [3.8, 4) is 5.75 Å². The summed E-state index contributed by atoms with van der Waals surface area (Å²) in [5.41, 5.74) is 2.84. The Morgan fingerprint density at radius 1 is 1.09 bits per heavy atom. The van der Waals surface area contributed by atoms with Gasteiger partial charge in [0.2, 0.25) is 0 Å². The van der Waals surface area contributed by atoms with Gasteiger partial charge in [-0.1, -0.05) is 41.4 Å². The van der Waals surface area contributed by atoms with Gasteiger partial charge >= 0.3 is 0 Å². The maximum absolute atomic E-state index is 12.3. The molecule has 2 aromatic carbocycles. The van der Waals surface area contributed by atoms with Crippen LogP contribution in [0.1, 0.15) is 18.1 Å². The first-order valence-electron chi connectivity index (χ1n) is 6.87. The van der Waals surface area contributed by atoms with Crippen LogP contribution < -0.4 is 10.1 Å². The topological polar surface area (TPSA) is 38.3 Å². The molecule has 0 aliphatic rings. The van der Waals surface area contributed by atoms with Crippen molar-refractivity contribution in [3.63, 3.8) is 0 Å². The number of rotatable bonds is 4. The van der Waals surface area contributed by atoms with E-state index in [1.165, 1.54) is 0 Å². The molecule has 1 atom stereocenters. The molecular formula is C17H17Cl2NO2. The molecule has 1 unspecified atom stereocenters. The first-order valence-corrected chi connectivity index (χ1v) is 7.63. The van der Waals surface area contributed by atoms with E-state index in [1.54, 1.807) is 25.1 Å². The van der Waals surface area contributed by atoms with Gasteiger partial charge in [-0.25, -0.2) is 0 Å². The fraction of sp³-hybridized carbons (Fsp3) is 0.235. The highest BCUT2D eigenvalue weighted by atomic mass is 35.5. The van der Waals surface area contributed by atoms with Crippen molar-refractivity contribution < 1.29 is 9.53 Å². The number of para-hydroxylation sites is 1. The molecule has 3 nitrogen and oxygen atoms in total. The molecule has 2 rings (SSSR count). The van der Waals surface area contributed by atoms with Crippen LogP contribution >= 0.6 is 23.2 Å². The SMILES string of the molecule is Cc1cccc(C)c1NC(=O)C(C)Oc1ccc(Cl)c(Cl)c1. The van der Waals surface area contributed by atoms with Crippen LogP contribution in [0.2, 0.25) is 10.0 Å². The highest BCUT2D eigenvalue weighted by molar-refractivity contribution is 6.42. The third-order valence-electron chi connectivity index (χ3n) is 3.30. The van der Waals surface area contributed by atoms with Gasteiger partial charge in [0.25, 0.3) is 5.91 Å². The highest BCUT2D eigenvalue weighted by Gasteiger charge is 2.17. The monoisotopic (exact) mass is 337 g/mol. The van der Waals surface area contributed by atoms with Crippen LogP contribution in [0.25, 0.3) is 0 Å². The summed E-state index contributed by atoms with van der Waals surface area (Å²) in [5.74, 6) is 0.280. The fourth-order valence-corrected chi connectivity index (χ4v) is 2.33. The summed E-state index contributed by atoms with van der Waals surface area (Å²) in [6, 6.07) is 10.8. The van der Waals surface area contributed by atoms with E-state index in [0.29, 0.717) is 15.8 Å². The number of carbonyl (C=O) groups is 1. The summed E-state index contributed by atoms with van der Waals surface area (Å²) in [7, 11) is 0. The quantitative estimate of drug-likeness (QED) is 0.850. The van der Waals surface area contributed by atoms with Crippen molar-refractivity contribution >= 4 is 34.8 Å². The average Bonchev–Trinajstić information content (AvgIpc) is 2.46. The molecule has 0 radical (unpaired) electrons. The van der Waals surface area contributed by atoms with Crippen LogP contribution in [-0.4, -0.2) is 12.0 Å². The first kappa shape index (κ1) is 16.7. The van der Waals surface area contributed by atoms with E-state index in [1.807, 2.05) is 32.0 Å². The van der Waals surface area contributed by atoms with Crippen LogP contribution in [0.5, 0.6) is 5.75 Å². The van der Waals surface area contributed by atoms with Crippen LogP contribution in [-0.2, 0) is 4.79 Å². The Morgan fingerprint density at radius 2 is 1.73 bits per heavy atom. The number of nitrogens with one attached hydrogen (secondary N) is 1. The smallest absolute Gasteiger partial charge is 0.265 e. The third kappa shape index (κ3) is 3.93. The number of carbonyl (C=O) groups excluding carboxylic acids is 1. The van der Waals surface area contributed by atoms with Crippen molar-refractivity contribution in [3.05, 3.63) is 57.6 Å². The molecule has 0 fully saturated rings. The lowest BCUT2D eigenvalue weighted by atomic mass is 10.1. The van der Waals surface area contributed by atoms with Crippen molar-refractivity contribution in [1.29, 1.82) is 0 Å². The molecule has 2 aromatic rings. The maximum atomic E-state index is 12.3. The maximum Gasteiger partial charge on any atom is 0.265 e. The van der Waals surface area contributed by atoms with E-state index in [-0.39, 0.29) is 5.91 Å². The van der Waals surface area contributed by atoms with Gasteiger partial charge in [-0.2, -0.15) is 0 Å². The summed E-state index contributed by atoms with van der Waals surface area (Å²) in [4.78, 5) is 12.3. The summed E-state index contributed by atoms with van der Waals surface area (Å²) < 4.78 is 5.61. The zero-order valence-electron chi connectivity index (χ0n) is 12.6. The van der Waals surface area contributed by atoms with Gasteiger partial charge in [0.05, 0.1) is 10.0 Å². The number of benzene rings is 2. The van der Waals surface area contributed by atoms with E-state index in [0.717, 1.165) is 16.8 Å². The summed E-state index contributed by atoms with van der Waals surface area (Å²) >= 11 is 11.8. The Morgan fingerprint density at radius 3 is 2.32 bits per heavy atom. The Hall–Kier alpha value is -1.71. The summed E-state index contributed by atoms with van der Waals surface area (Å²) in [6.07, 6.45) is -0.656. The van der Waals surface area contributed by atoms with E-state index in [2.05, 4.69) is 5.32 Å². The highest BCUT2D eigenvalue weighted by Crippen LogP contribution is 2.27. The molecule has 5 heteroatoms. The lowest BCUT2D eigenvalue weighted by Crippen LogP contribution is -2.30. The predicted molar refractivity (Wildman–Crippen MR) is 91.1 cm³/mol. The van der Waals surface area contributed by atoms with E-state index in [9.17, 15) is 4.79 Å². The van der Waals surface area contributed by atoms with Gasteiger partial charge in [0.1, 0.15) is 5.75 Å². The molecule has 0 saturated heterocycles. The van der Waals surface area contributed by atoms with Crippen molar-refractivity contribution in [2.24, 2.45) is 0 Å². The lowest BCUT2D eigenvalue weighted by molar-refractivity contribution is -0.122. The Balaban J connectivity index is 2.07. The summed E-state index contributed by atoms with van der Waals surface area (Å²) in [5, 5.41) is 3.74. The number of anilines is 1. The Kier molecular flexibility index (Phi) is 5.33. The molecule has 116 valence electrons. The van der Waals surface area contributed by atoms with Gasteiger partial charge < -0.3 is 10.1 Å². The molecule has 0 aliphatic carbocycles. The number of ether oxygens (including phenoxy) is 1. The molecule has 0 aliphatic heterocycles. The van der Waals surface area contributed by atoms with Gasteiger partial charge in [0.15, 0.2) is 6.10 Å². The minimum absolute atomic E-state index is 0.219. The lowest BCUT2D eigenvalue weighted by Gasteiger charge is -2.17. The Labute approximate surface area is 140 Å². The van der Waals surface area contributed by atoms with Gasteiger partial charge in [-0.15, -0.1) is 0 Å². The molecule has 0 saturated carbocycles. The van der Waals surface area contributed by atoms with Crippen molar-refractivity contribution in [1.82, 2.24) is 0 Å². The molecule has 22 heavy (non-hydrogen) atoms. The van der Waals surface area contributed by atoms with Crippen molar-refractivity contribution in [2.45, 2.75) is 26.9 Å². The van der Waals surface area contributed by atoms with E-state index >= 15 is 0 Å². The number of aryl methyl sites for hydroxylation is 2. The fourth-order valence-electron chi connectivity index (χ4n) is 2.04. The van der Waals surface area contributed by atoms with Crippen LogP contribution in [0.3, 0.4) is 0 Å². The number of amides is 1. The second-order valence-corrected chi connectivity index (χ2v) is 5.91. The van der Waals surface area contributed by atoms with Gasteiger partial charge in [-0.3, -0.25) is 4.79 Å². The van der Waals surface area contributed by atoms with Crippen LogP contribution in [0.4, 0.5) is 5.69 Å². The predicted octanol–water partition coefficient (Wildman–Crippen LogP) is 5.02.